The molecule has 2 heterocycles. The van der Waals surface area contributed by atoms with Crippen molar-refractivity contribution in [3.05, 3.63) is 52.3 Å². The van der Waals surface area contributed by atoms with Crippen molar-refractivity contribution in [2.24, 2.45) is 5.92 Å². The molecule has 0 spiro atoms. The summed E-state index contributed by atoms with van der Waals surface area (Å²) in [5, 5.41) is 11.1. The van der Waals surface area contributed by atoms with Crippen molar-refractivity contribution in [1.29, 1.82) is 0 Å². The van der Waals surface area contributed by atoms with Crippen molar-refractivity contribution in [3.8, 4) is 0 Å². The zero-order valence-corrected chi connectivity index (χ0v) is 14.9. The largest absolute Gasteiger partial charge is 0.396 e. The molecule has 2 aliphatic rings. The molecule has 1 fully saturated rings. The van der Waals surface area contributed by atoms with Crippen LogP contribution in [-0.2, 0) is 0 Å². The smallest absolute Gasteiger partial charge is 0.146 e. The Morgan fingerprint density at radius 3 is 2.80 bits per heavy atom. The van der Waals surface area contributed by atoms with Gasteiger partial charge in [0.05, 0.1) is 24.6 Å². The number of fused-ring (bicyclic) bond motifs is 3. The fourth-order valence-electron chi connectivity index (χ4n) is 4.63. The summed E-state index contributed by atoms with van der Waals surface area (Å²) in [5.41, 5.74) is 5.56. The fourth-order valence-corrected chi connectivity index (χ4v) is 4.63. The average Bonchev–Trinajstić information content (AvgIpc) is 3.19. The standard InChI is InChI=1S/C21H25FN2O/c1-13(2)14-6-8-15(9-7-14)17(11-25)21-20-16(4-3-5-18(20)22)19-10-23-12-24(19)21/h3-5,10,12,15,17-18,25H,6-9,11H2,1-2H3. The van der Waals surface area contributed by atoms with Crippen molar-refractivity contribution < 1.29 is 9.50 Å². The van der Waals surface area contributed by atoms with E-state index in [9.17, 15) is 9.50 Å². The number of aliphatic hydroxyl groups is 1. The normalized spacial score (nSPS) is 24.2. The van der Waals surface area contributed by atoms with Gasteiger partial charge in [-0.2, -0.15) is 0 Å². The molecule has 2 unspecified atom stereocenters. The molecule has 25 heavy (non-hydrogen) atoms. The molecular formula is C21H25FN2O. The first-order valence-electron chi connectivity index (χ1n) is 9.18. The number of alkyl halides is 1. The van der Waals surface area contributed by atoms with Gasteiger partial charge in [-0.3, -0.25) is 0 Å². The Labute approximate surface area is 147 Å². The highest BCUT2D eigenvalue weighted by Crippen LogP contribution is 2.41. The Hall–Kier alpha value is -1.94. The van der Waals surface area contributed by atoms with E-state index in [0.29, 0.717) is 5.92 Å². The van der Waals surface area contributed by atoms with Crippen molar-refractivity contribution in [3.63, 3.8) is 0 Å². The number of hydrogen-bond acceptors (Lipinski definition) is 2. The number of aromatic nitrogens is 2. The van der Waals surface area contributed by atoms with Gasteiger partial charge in [-0.25, -0.2) is 9.37 Å². The summed E-state index contributed by atoms with van der Waals surface area (Å²) in [6.45, 7) is 4.41. The van der Waals surface area contributed by atoms with Crippen molar-refractivity contribution in [1.82, 2.24) is 9.38 Å². The summed E-state index contributed by atoms with van der Waals surface area (Å²) in [4.78, 5) is 4.26. The van der Waals surface area contributed by atoms with Crippen LogP contribution in [0, 0.1) is 5.92 Å². The molecule has 4 rings (SSSR count). The average molecular weight is 340 g/mol. The molecule has 2 aromatic heterocycles. The summed E-state index contributed by atoms with van der Waals surface area (Å²) in [6.07, 6.45) is 12.1. The summed E-state index contributed by atoms with van der Waals surface area (Å²) < 4.78 is 16.8. The minimum absolute atomic E-state index is 0.0442. The quantitative estimate of drug-likeness (QED) is 0.857. The topological polar surface area (TPSA) is 37.5 Å². The zero-order chi connectivity index (χ0) is 17.6. The molecule has 132 valence electrons. The summed E-state index contributed by atoms with van der Waals surface area (Å²) >= 11 is 0. The van der Waals surface area contributed by atoms with E-state index in [0.717, 1.165) is 47.7 Å². The molecule has 0 aromatic carbocycles. The lowest BCUT2D eigenvalue weighted by atomic mass is 9.75. The van der Waals surface area contributed by atoms with Gasteiger partial charge >= 0.3 is 0 Å². The highest BCUT2D eigenvalue weighted by molar-refractivity contribution is 5.64. The lowest BCUT2D eigenvalue weighted by Crippen LogP contribution is -2.24. The Bertz CT molecular complexity index is 894. The second-order valence-corrected chi connectivity index (χ2v) is 7.54. The maximum Gasteiger partial charge on any atom is 0.146 e. The van der Waals surface area contributed by atoms with E-state index in [1.54, 1.807) is 30.2 Å². The van der Waals surface area contributed by atoms with Gasteiger partial charge in [-0.05, 0) is 51.5 Å². The number of nitrogens with zero attached hydrogens (tertiary/aromatic N) is 2. The molecule has 1 N–H and O–H groups in total. The first-order valence-corrected chi connectivity index (χ1v) is 9.18. The van der Waals surface area contributed by atoms with Crippen LogP contribution >= 0.6 is 0 Å². The van der Waals surface area contributed by atoms with Gasteiger partial charge in [-0.1, -0.05) is 23.3 Å². The van der Waals surface area contributed by atoms with Gasteiger partial charge < -0.3 is 9.51 Å². The van der Waals surface area contributed by atoms with Crippen LogP contribution in [0.2, 0.25) is 0 Å². The molecule has 0 bridgehead atoms. The van der Waals surface area contributed by atoms with Crippen LogP contribution < -0.4 is 5.22 Å². The number of halogens is 1. The van der Waals surface area contributed by atoms with Crippen LogP contribution in [0.25, 0.3) is 11.6 Å². The minimum atomic E-state index is -1.11. The molecule has 2 aliphatic carbocycles. The Balaban J connectivity index is 1.77. The molecule has 0 aliphatic heterocycles. The lowest BCUT2D eigenvalue weighted by Gasteiger charge is -2.32. The second kappa shape index (κ2) is 6.41. The van der Waals surface area contributed by atoms with Crippen molar-refractivity contribution in [2.75, 3.05) is 6.61 Å². The number of rotatable bonds is 3. The van der Waals surface area contributed by atoms with Crippen LogP contribution in [0.4, 0.5) is 4.39 Å². The molecule has 4 heteroatoms. The predicted octanol–water partition coefficient (Wildman–Crippen LogP) is 4.02. The predicted molar refractivity (Wildman–Crippen MR) is 98.0 cm³/mol. The van der Waals surface area contributed by atoms with E-state index in [2.05, 4.69) is 18.8 Å². The molecule has 0 saturated heterocycles. The first kappa shape index (κ1) is 16.5. The minimum Gasteiger partial charge on any atom is -0.396 e. The molecule has 3 nitrogen and oxygen atoms in total. The summed E-state index contributed by atoms with van der Waals surface area (Å²) in [5.74, 6) is 0.334. The van der Waals surface area contributed by atoms with E-state index in [1.807, 2.05) is 10.5 Å². The lowest BCUT2D eigenvalue weighted by molar-refractivity contribution is 0.200. The zero-order valence-electron chi connectivity index (χ0n) is 14.9. The molecule has 1 saturated carbocycles. The third-order valence-electron chi connectivity index (χ3n) is 6.02. The number of imidazole rings is 1. The monoisotopic (exact) mass is 340 g/mol. The molecule has 2 aromatic rings. The summed E-state index contributed by atoms with van der Waals surface area (Å²) in [6, 6.07) is 0. The van der Waals surface area contributed by atoms with E-state index >= 15 is 0 Å². The van der Waals surface area contributed by atoms with Gasteiger partial charge in [0.25, 0.3) is 0 Å². The van der Waals surface area contributed by atoms with Gasteiger partial charge in [0.15, 0.2) is 0 Å². The van der Waals surface area contributed by atoms with Gasteiger partial charge in [0.2, 0.25) is 0 Å². The second-order valence-electron chi connectivity index (χ2n) is 7.54. The molecular weight excluding hydrogens is 315 g/mol. The highest BCUT2D eigenvalue weighted by atomic mass is 19.1. The molecule has 2 atom stereocenters. The number of allylic oxidation sites excluding steroid dienone is 4. The maximum atomic E-state index is 14.8. The SMILES string of the molecule is CC(C)=C1CCC(C(CO)c2c3c(c4cncn24)=CC=CC3F)CC1. The number of hydrogen-bond donors (Lipinski definition) is 1. The summed E-state index contributed by atoms with van der Waals surface area (Å²) in [7, 11) is 0. The third kappa shape index (κ3) is 2.63. The Morgan fingerprint density at radius 1 is 1.36 bits per heavy atom. The van der Waals surface area contributed by atoms with Crippen LogP contribution in [0.15, 0.2) is 35.8 Å². The van der Waals surface area contributed by atoms with Crippen molar-refractivity contribution in [2.45, 2.75) is 51.6 Å². The van der Waals surface area contributed by atoms with Gasteiger partial charge in [0, 0.05) is 22.4 Å². The van der Waals surface area contributed by atoms with E-state index in [1.165, 1.54) is 5.57 Å². The first-order chi connectivity index (χ1) is 12.1. The Kier molecular flexibility index (Phi) is 4.24. The third-order valence-corrected chi connectivity index (χ3v) is 6.02. The van der Waals surface area contributed by atoms with Crippen LogP contribution in [0.1, 0.15) is 62.9 Å². The Morgan fingerprint density at radius 2 is 2.12 bits per heavy atom. The van der Waals surface area contributed by atoms with E-state index in [-0.39, 0.29) is 12.5 Å². The maximum absolute atomic E-state index is 14.8. The number of aliphatic hydroxyl groups excluding tert-OH is 1. The van der Waals surface area contributed by atoms with Crippen LogP contribution in [-0.4, -0.2) is 21.1 Å². The highest BCUT2D eigenvalue weighted by Gasteiger charge is 2.33. The van der Waals surface area contributed by atoms with E-state index in [4.69, 9.17) is 0 Å². The fraction of sp³-hybridized carbons (Fsp3) is 0.476. The van der Waals surface area contributed by atoms with Crippen LogP contribution in [0.5, 0.6) is 0 Å². The van der Waals surface area contributed by atoms with Crippen molar-refractivity contribution >= 4 is 11.6 Å². The molecule has 0 radical (unpaired) electrons. The van der Waals surface area contributed by atoms with Gasteiger partial charge in [-0.15, -0.1) is 0 Å². The van der Waals surface area contributed by atoms with Crippen LogP contribution in [0.3, 0.4) is 0 Å². The van der Waals surface area contributed by atoms with Gasteiger partial charge in [0.1, 0.15) is 6.17 Å². The van der Waals surface area contributed by atoms with E-state index < -0.39 is 6.17 Å². The molecule has 0 amide bonds.